The normalized spacial score (nSPS) is 14.2. The van der Waals surface area contributed by atoms with E-state index < -0.39 is 18.8 Å². The van der Waals surface area contributed by atoms with Crippen molar-refractivity contribution in [3.63, 3.8) is 0 Å². The molecular formula is C8H8FNO2. The average molecular weight is 172 g/mol. The van der Waals surface area contributed by atoms with Gasteiger partial charge >= 0.3 is 0 Å². The molecule has 0 aliphatic rings. The SMILES string of the molecule is [2H]C([2H])([2H])Oc1ccc(F)cc1C(N)=O. The number of carbonyl (C=O) groups is 1. The maximum Gasteiger partial charge on any atom is 0.252 e. The van der Waals surface area contributed by atoms with Crippen LogP contribution in [0.4, 0.5) is 4.39 Å². The van der Waals surface area contributed by atoms with Gasteiger partial charge in [0.15, 0.2) is 0 Å². The summed E-state index contributed by atoms with van der Waals surface area (Å²) in [5.41, 5.74) is 4.63. The number of primary amides is 1. The quantitative estimate of drug-likeness (QED) is 0.721. The molecule has 0 aliphatic carbocycles. The van der Waals surface area contributed by atoms with E-state index in [-0.39, 0.29) is 11.3 Å². The van der Waals surface area contributed by atoms with Crippen molar-refractivity contribution in [2.75, 3.05) is 7.04 Å². The first-order chi connectivity index (χ1) is 6.79. The standard InChI is InChI=1S/C8H8FNO2/c1-12-7-3-2-5(9)4-6(7)8(10)11/h2-4H,1H3,(H2,10,11)/i1D3. The minimum absolute atomic E-state index is 0.260. The highest BCUT2D eigenvalue weighted by Crippen LogP contribution is 2.18. The predicted octanol–water partition coefficient (Wildman–Crippen LogP) is 0.933. The Bertz CT molecular complexity index is 392. The van der Waals surface area contributed by atoms with Crippen LogP contribution in [0.25, 0.3) is 0 Å². The highest BCUT2D eigenvalue weighted by atomic mass is 19.1. The van der Waals surface area contributed by atoms with Gasteiger partial charge in [-0.3, -0.25) is 4.79 Å². The monoisotopic (exact) mass is 172 g/mol. The Morgan fingerprint density at radius 2 is 2.50 bits per heavy atom. The lowest BCUT2D eigenvalue weighted by Gasteiger charge is -2.03. The van der Waals surface area contributed by atoms with Crippen molar-refractivity contribution in [3.8, 4) is 5.75 Å². The maximum absolute atomic E-state index is 12.7. The van der Waals surface area contributed by atoms with Crippen LogP contribution in [-0.4, -0.2) is 12.9 Å². The van der Waals surface area contributed by atoms with E-state index in [1.54, 1.807) is 0 Å². The van der Waals surface area contributed by atoms with Gasteiger partial charge < -0.3 is 10.5 Å². The zero-order valence-corrected chi connectivity index (χ0v) is 6.00. The molecule has 1 aromatic carbocycles. The smallest absolute Gasteiger partial charge is 0.252 e. The Labute approximate surface area is 73.2 Å². The first-order valence-electron chi connectivity index (χ1n) is 4.58. The summed E-state index contributed by atoms with van der Waals surface area (Å²) in [6.07, 6.45) is 0. The number of methoxy groups -OCH3 is 1. The molecule has 1 amide bonds. The van der Waals surface area contributed by atoms with E-state index in [1.807, 2.05) is 0 Å². The van der Waals surface area contributed by atoms with Crippen LogP contribution in [0.15, 0.2) is 18.2 Å². The van der Waals surface area contributed by atoms with Gasteiger partial charge in [0, 0.05) is 0 Å². The van der Waals surface area contributed by atoms with Crippen molar-refractivity contribution < 1.29 is 18.0 Å². The molecule has 0 atom stereocenters. The Kier molecular flexibility index (Phi) is 1.37. The molecule has 1 rings (SSSR count). The van der Waals surface area contributed by atoms with Gasteiger partial charge in [-0.05, 0) is 18.2 Å². The molecular weight excluding hydrogens is 161 g/mol. The molecule has 3 nitrogen and oxygen atoms in total. The van der Waals surface area contributed by atoms with E-state index in [1.165, 1.54) is 0 Å². The minimum atomic E-state index is -2.71. The largest absolute Gasteiger partial charge is 0.496 e. The third-order valence-corrected chi connectivity index (χ3v) is 1.32. The minimum Gasteiger partial charge on any atom is -0.496 e. The van der Waals surface area contributed by atoms with E-state index in [4.69, 9.17) is 9.85 Å². The van der Waals surface area contributed by atoms with Crippen LogP contribution in [0.2, 0.25) is 0 Å². The third kappa shape index (κ3) is 1.53. The summed E-state index contributed by atoms with van der Waals surface area (Å²) in [6, 6.07) is 2.85. The number of halogens is 1. The summed E-state index contributed by atoms with van der Waals surface area (Å²) >= 11 is 0. The molecule has 0 radical (unpaired) electrons. The molecule has 0 fully saturated rings. The van der Waals surface area contributed by atoms with Gasteiger partial charge in [-0.2, -0.15) is 0 Å². The van der Waals surface area contributed by atoms with Crippen molar-refractivity contribution >= 4 is 5.91 Å². The van der Waals surface area contributed by atoms with Crippen LogP contribution in [0, 0.1) is 5.82 Å². The van der Waals surface area contributed by atoms with Crippen LogP contribution in [0.5, 0.6) is 5.75 Å². The summed E-state index contributed by atoms with van der Waals surface area (Å²) in [5.74, 6) is -1.90. The zero-order chi connectivity index (χ0) is 11.6. The molecule has 0 saturated heterocycles. The van der Waals surface area contributed by atoms with Crippen molar-refractivity contribution in [2.24, 2.45) is 5.73 Å². The Hall–Kier alpha value is -1.58. The van der Waals surface area contributed by atoms with E-state index in [9.17, 15) is 9.18 Å². The van der Waals surface area contributed by atoms with Gasteiger partial charge in [0.05, 0.1) is 16.7 Å². The zero-order valence-electron chi connectivity index (χ0n) is 9.00. The molecule has 0 bridgehead atoms. The van der Waals surface area contributed by atoms with Crippen molar-refractivity contribution in [3.05, 3.63) is 29.6 Å². The Balaban J connectivity index is 3.12. The number of hydrogen-bond acceptors (Lipinski definition) is 2. The molecule has 0 unspecified atom stereocenters. The molecule has 2 N–H and O–H groups in total. The van der Waals surface area contributed by atoms with Gasteiger partial charge in [-0.25, -0.2) is 4.39 Å². The highest BCUT2D eigenvalue weighted by molar-refractivity contribution is 5.95. The average Bonchev–Trinajstić information content (AvgIpc) is 2.05. The first-order valence-corrected chi connectivity index (χ1v) is 3.08. The molecule has 4 heteroatoms. The molecule has 64 valence electrons. The van der Waals surface area contributed by atoms with Crippen LogP contribution < -0.4 is 10.5 Å². The molecule has 0 aliphatic heterocycles. The van der Waals surface area contributed by atoms with Gasteiger partial charge in [-0.15, -0.1) is 0 Å². The Morgan fingerprint density at radius 1 is 1.75 bits per heavy atom. The van der Waals surface area contributed by atoms with Crippen LogP contribution in [0.3, 0.4) is 0 Å². The number of carbonyl (C=O) groups excluding carboxylic acids is 1. The lowest BCUT2D eigenvalue weighted by molar-refractivity contribution is 0.0997. The number of hydrogen-bond donors (Lipinski definition) is 1. The number of amides is 1. The fourth-order valence-electron chi connectivity index (χ4n) is 0.784. The van der Waals surface area contributed by atoms with Crippen molar-refractivity contribution in [2.45, 2.75) is 0 Å². The van der Waals surface area contributed by atoms with Gasteiger partial charge in [-0.1, -0.05) is 0 Å². The number of rotatable bonds is 2. The lowest BCUT2D eigenvalue weighted by atomic mass is 10.2. The predicted molar refractivity (Wildman–Crippen MR) is 41.5 cm³/mol. The molecule has 0 heterocycles. The number of nitrogens with two attached hydrogens (primary N) is 1. The second-order valence-corrected chi connectivity index (χ2v) is 2.11. The summed E-state index contributed by atoms with van der Waals surface area (Å²) in [6.45, 7) is 0. The molecule has 0 aromatic heterocycles. The fourth-order valence-corrected chi connectivity index (χ4v) is 0.784. The van der Waals surface area contributed by atoms with E-state index in [0.29, 0.717) is 0 Å². The summed E-state index contributed by atoms with van der Waals surface area (Å²) in [7, 11) is -2.71. The van der Waals surface area contributed by atoms with Gasteiger partial charge in [0.2, 0.25) is 0 Å². The van der Waals surface area contributed by atoms with Crippen LogP contribution in [-0.2, 0) is 0 Å². The number of ether oxygens (including phenoxy) is 1. The van der Waals surface area contributed by atoms with Gasteiger partial charge in [0.25, 0.3) is 5.91 Å². The first kappa shape index (κ1) is 5.13. The van der Waals surface area contributed by atoms with Crippen LogP contribution in [0.1, 0.15) is 14.5 Å². The van der Waals surface area contributed by atoms with Gasteiger partial charge in [0.1, 0.15) is 11.6 Å². The molecule has 0 spiro atoms. The molecule has 1 aromatic rings. The second kappa shape index (κ2) is 3.21. The maximum atomic E-state index is 12.7. The van der Waals surface area contributed by atoms with E-state index in [0.717, 1.165) is 18.2 Å². The van der Waals surface area contributed by atoms with Crippen molar-refractivity contribution in [1.82, 2.24) is 0 Å². The number of benzene rings is 1. The Morgan fingerprint density at radius 3 is 3.08 bits per heavy atom. The van der Waals surface area contributed by atoms with E-state index >= 15 is 0 Å². The topological polar surface area (TPSA) is 52.3 Å². The second-order valence-electron chi connectivity index (χ2n) is 2.11. The third-order valence-electron chi connectivity index (χ3n) is 1.32. The van der Waals surface area contributed by atoms with E-state index in [2.05, 4.69) is 4.74 Å². The summed E-state index contributed by atoms with van der Waals surface area (Å²) < 4.78 is 37.7. The molecule has 0 saturated carbocycles. The van der Waals surface area contributed by atoms with Crippen LogP contribution >= 0.6 is 0 Å². The highest BCUT2D eigenvalue weighted by Gasteiger charge is 2.08. The molecule has 12 heavy (non-hydrogen) atoms. The summed E-state index contributed by atoms with van der Waals surface area (Å²) in [4.78, 5) is 10.9. The summed E-state index contributed by atoms with van der Waals surface area (Å²) in [5, 5.41) is 0. The lowest BCUT2D eigenvalue weighted by Crippen LogP contribution is -2.12. The fraction of sp³-hybridized carbons (Fsp3) is 0.125. The van der Waals surface area contributed by atoms with Crippen molar-refractivity contribution in [1.29, 1.82) is 0 Å².